The predicted molar refractivity (Wildman–Crippen MR) is 89.4 cm³/mol. The van der Waals surface area contributed by atoms with Crippen LogP contribution in [0.4, 0.5) is 5.69 Å². The summed E-state index contributed by atoms with van der Waals surface area (Å²) >= 11 is 0. The second-order valence-corrected chi connectivity index (χ2v) is 5.57. The van der Waals surface area contributed by atoms with Gasteiger partial charge >= 0.3 is 0 Å². The minimum Gasteiger partial charge on any atom is -0.327 e. The molecule has 1 saturated carbocycles. The molecule has 6 heteroatoms. The summed E-state index contributed by atoms with van der Waals surface area (Å²) in [7, 11) is 0. The Kier molecular flexibility index (Phi) is 5.57. The third-order valence-corrected chi connectivity index (χ3v) is 4.09. The number of rotatable bonds is 4. The van der Waals surface area contributed by atoms with Gasteiger partial charge < -0.3 is 11.1 Å². The number of hydrogen-bond donors (Lipinski definition) is 2. The molecule has 3 N–H and O–H groups in total. The number of aromatic nitrogens is 2. The van der Waals surface area contributed by atoms with Gasteiger partial charge in [0.1, 0.15) is 0 Å². The fraction of sp³-hybridized carbons (Fsp3) is 0.375. The standard InChI is InChI=1S/C16H20N4O.ClH/c17-13-6-3-5-12(13)11-16(21)19-14-7-1-2-8-15(14)20-10-4-9-18-20;/h1-2,4,7-10,12-13H,3,5-6,11,17H2,(H,19,21);1H/t12-,13+;/m0./s1. The van der Waals surface area contributed by atoms with E-state index in [4.69, 9.17) is 5.73 Å². The quantitative estimate of drug-likeness (QED) is 0.909. The van der Waals surface area contributed by atoms with Crippen LogP contribution >= 0.6 is 12.4 Å². The maximum atomic E-state index is 12.2. The molecular weight excluding hydrogens is 300 g/mol. The van der Waals surface area contributed by atoms with Crippen LogP contribution in [0.5, 0.6) is 0 Å². The smallest absolute Gasteiger partial charge is 0.224 e. The van der Waals surface area contributed by atoms with Crippen molar-refractivity contribution in [2.24, 2.45) is 11.7 Å². The first-order valence-corrected chi connectivity index (χ1v) is 7.38. The number of anilines is 1. The molecule has 0 bridgehead atoms. The van der Waals surface area contributed by atoms with Crippen LogP contribution < -0.4 is 11.1 Å². The zero-order valence-electron chi connectivity index (χ0n) is 12.3. The largest absolute Gasteiger partial charge is 0.327 e. The van der Waals surface area contributed by atoms with Gasteiger partial charge in [-0.15, -0.1) is 12.4 Å². The normalized spacial score (nSPS) is 20.4. The number of hydrogen-bond acceptors (Lipinski definition) is 3. The Balaban J connectivity index is 0.00000176. The fourth-order valence-corrected chi connectivity index (χ4v) is 2.95. The Labute approximate surface area is 136 Å². The van der Waals surface area contributed by atoms with Crippen LogP contribution in [0, 0.1) is 5.92 Å². The molecular formula is C16H21ClN4O. The first kappa shape index (κ1) is 16.5. The molecule has 1 aliphatic rings. The van der Waals surface area contributed by atoms with Gasteiger partial charge in [-0.2, -0.15) is 5.10 Å². The van der Waals surface area contributed by atoms with Gasteiger partial charge in [0.05, 0.1) is 11.4 Å². The Hall–Kier alpha value is -1.85. The third kappa shape index (κ3) is 3.67. The molecule has 0 radical (unpaired) electrons. The average molecular weight is 321 g/mol. The second kappa shape index (κ2) is 7.42. The van der Waals surface area contributed by atoms with E-state index in [1.165, 1.54) is 0 Å². The summed E-state index contributed by atoms with van der Waals surface area (Å²) in [4.78, 5) is 12.2. The summed E-state index contributed by atoms with van der Waals surface area (Å²) in [5.41, 5.74) is 7.68. The molecule has 1 aliphatic carbocycles. The highest BCUT2D eigenvalue weighted by Gasteiger charge is 2.26. The minimum atomic E-state index is 0. The van der Waals surface area contributed by atoms with E-state index in [9.17, 15) is 4.79 Å². The van der Waals surface area contributed by atoms with Crippen LogP contribution in [0.2, 0.25) is 0 Å². The Bertz CT molecular complexity index is 614. The van der Waals surface area contributed by atoms with Gasteiger partial charge in [0.15, 0.2) is 0 Å². The van der Waals surface area contributed by atoms with E-state index in [1.54, 1.807) is 10.9 Å². The van der Waals surface area contributed by atoms with Crippen LogP contribution in [0.15, 0.2) is 42.7 Å². The van der Waals surface area contributed by atoms with E-state index < -0.39 is 0 Å². The van der Waals surface area contributed by atoms with Crippen LogP contribution in [-0.4, -0.2) is 21.7 Å². The number of para-hydroxylation sites is 2. The van der Waals surface area contributed by atoms with E-state index in [-0.39, 0.29) is 24.4 Å². The van der Waals surface area contributed by atoms with Gasteiger partial charge in [0.2, 0.25) is 5.91 Å². The number of nitrogens with one attached hydrogen (secondary N) is 1. The van der Waals surface area contributed by atoms with Gasteiger partial charge in [0, 0.05) is 24.9 Å². The molecule has 0 unspecified atom stereocenters. The second-order valence-electron chi connectivity index (χ2n) is 5.57. The van der Waals surface area contributed by atoms with Crippen molar-refractivity contribution in [2.45, 2.75) is 31.7 Å². The molecule has 1 aromatic heterocycles. The van der Waals surface area contributed by atoms with E-state index in [0.29, 0.717) is 12.3 Å². The van der Waals surface area contributed by atoms with E-state index in [2.05, 4.69) is 10.4 Å². The number of amides is 1. The lowest BCUT2D eigenvalue weighted by Crippen LogP contribution is -2.28. The first-order chi connectivity index (χ1) is 10.2. The summed E-state index contributed by atoms with van der Waals surface area (Å²) in [5, 5.41) is 7.21. The molecule has 2 aromatic rings. The molecule has 1 amide bonds. The lowest BCUT2D eigenvalue weighted by atomic mass is 10.00. The summed E-state index contributed by atoms with van der Waals surface area (Å²) in [6, 6.07) is 9.68. The molecule has 5 nitrogen and oxygen atoms in total. The lowest BCUT2D eigenvalue weighted by molar-refractivity contribution is -0.117. The molecule has 0 aliphatic heterocycles. The maximum Gasteiger partial charge on any atom is 0.224 e. The molecule has 1 heterocycles. The number of nitrogens with zero attached hydrogens (tertiary/aromatic N) is 2. The fourth-order valence-electron chi connectivity index (χ4n) is 2.95. The van der Waals surface area contributed by atoms with Crippen molar-refractivity contribution in [1.29, 1.82) is 0 Å². The Morgan fingerprint density at radius 3 is 2.82 bits per heavy atom. The highest BCUT2D eigenvalue weighted by Crippen LogP contribution is 2.27. The third-order valence-electron chi connectivity index (χ3n) is 4.09. The SMILES string of the molecule is Cl.N[C@@H]1CCC[C@H]1CC(=O)Nc1ccccc1-n1cccn1. The molecule has 3 rings (SSSR count). The van der Waals surface area contributed by atoms with Crippen LogP contribution in [-0.2, 0) is 4.79 Å². The van der Waals surface area contributed by atoms with E-state index in [0.717, 1.165) is 30.6 Å². The van der Waals surface area contributed by atoms with Crippen molar-refractivity contribution >= 4 is 24.0 Å². The van der Waals surface area contributed by atoms with Gasteiger partial charge in [-0.25, -0.2) is 4.68 Å². The molecule has 22 heavy (non-hydrogen) atoms. The number of carbonyl (C=O) groups excluding carboxylic acids is 1. The highest BCUT2D eigenvalue weighted by atomic mass is 35.5. The molecule has 2 atom stereocenters. The number of carbonyl (C=O) groups is 1. The van der Waals surface area contributed by atoms with Gasteiger partial charge in [0.25, 0.3) is 0 Å². The van der Waals surface area contributed by atoms with E-state index >= 15 is 0 Å². The van der Waals surface area contributed by atoms with Crippen molar-refractivity contribution < 1.29 is 4.79 Å². The maximum absolute atomic E-state index is 12.2. The molecule has 1 aromatic carbocycles. The molecule has 0 saturated heterocycles. The first-order valence-electron chi connectivity index (χ1n) is 7.38. The van der Waals surface area contributed by atoms with Crippen molar-refractivity contribution in [3.8, 4) is 5.69 Å². The summed E-state index contributed by atoms with van der Waals surface area (Å²) < 4.78 is 1.75. The summed E-state index contributed by atoms with van der Waals surface area (Å²) in [5.74, 6) is 0.332. The van der Waals surface area contributed by atoms with Gasteiger partial charge in [-0.05, 0) is 37.0 Å². The average Bonchev–Trinajstić information content (AvgIpc) is 3.12. The highest BCUT2D eigenvalue weighted by molar-refractivity contribution is 5.93. The Morgan fingerprint density at radius 2 is 2.14 bits per heavy atom. The van der Waals surface area contributed by atoms with Crippen molar-refractivity contribution in [3.05, 3.63) is 42.7 Å². The Morgan fingerprint density at radius 1 is 1.32 bits per heavy atom. The number of benzene rings is 1. The van der Waals surface area contributed by atoms with Gasteiger partial charge in [-0.1, -0.05) is 18.6 Å². The topological polar surface area (TPSA) is 72.9 Å². The van der Waals surface area contributed by atoms with Gasteiger partial charge in [-0.3, -0.25) is 4.79 Å². The minimum absolute atomic E-state index is 0. The predicted octanol–water partition coefficient (Wildman–Crippen LogP) is 2.75. The lowest BCUT2D eigenvalue weighted by Gasteiger charge is -2.16. The summed E-state index contributed by atoms with van der Waals surface area (Å²) in [6.45, 7) is 0. The molecule has 0 spiro atoms. The van der Waals surface area contributed by atoms with Crippen LogP contribution in [0.25, 0.3) is 5.69 Å². The van der Waals surface area contributed by atoms with Crippen molar-refractivity contribution in [1.82, 2.24) is 9.78 Å². The molecule has 118 valence electrons. The van der Waals surface area contributed by atoms with E-state index in [1.807, 2.05) is 36.5 Å². The summed E-state index contributed by atoms with van der Waals surface area (Å²) in [6.07, 6.45) is 7.28. The van der Waals surface area contributed by atoms with Crippen molar-refractivity contribution in [2.75, 3.05) is 5.32 Å². The number of halogens is 1. The monoisotopic (exact) mass is 320 g/mol. The zero-order chi connectivity index (χ0) is 14.7. The zero-order valence-corrected chi connectivity index (χ0v) is 13.1. The van der Waals surface area contributed by atoms with Crippen LogP contribution in [0.1, 0.15) is 25.7 Å². The van der Waals surface area contributed by atoms with Crippen LogP contribution in [0.3, 0.4) is 0 Å². The number of nitrogens with two attached hydrogens (primary N) is 1. The van der Waals surface area contributed by atoms with Crippen molar-refractivity contribution in [3.63, 3.8) is 0 Å². The molecule has 1 fully saturated rings.